The minimum Gasteiger partial charge on any atom is -0.451 e. The molecular weight excluding hydrogens is 336 g/mol. The zero-order valence-corrected chi connectivity index (χ0v) is 17.8. The van der Waals surface area contributed by atoms with Crippen molar-refractivity contribution in [3.05, 3.63) is 11.6 Å². The Morgan fingerprint density at radius 2 is 1.78 bits per heavy atom. The molecule has 4 aliphatic carbocycles. The topological polar surface area (TPSA) is 43.4 Å². The summed E-state index contributed by atoms with van der Waals surface area (Å²) < 4.78 is 5.87. The Hall–Kier alpha value is -1.12. The van der Waals surface area contributed by atoms with Crippen LogP contribution >= 0.6 is 0 Å². The molecule has 0 radical (unpaired) electrons. The van der Waals surface area contributed by atoms with Gasteiger partial charge in [-0.25, -0.2) is 0 Å². The highest BCUT2D eigenvalue weighted by atomic mass is 16.6. The van der Waals surface area contributed by atoms with Crippen molar-refractivity contribution in [2.24, 2.45) is 34.5 Å². The Balaban J connectivity index is 1.73. The summed E-state index contributed by atoms with van der Waals surface area (Å²) in [5, 5.41) is 0. The summed E-state index contributed by atoms with van der Waals surface area (Å²) >= 11 is 0. The average molecular weight is 373 g/mol. The summed E-state index contributed by atoms with van der Waals surface area (Å²) in [6.45, 7) is 10.3. The Labute approximate surface area is 164 Å². The van der Waals surface area contributed by atoms with Gasteiger partial charge in [-0.1, -0.05) is 32.4 Å². The third-order valence-corrected chi connectivity index (χ3v) is 9.34. The summed E-state index contributed by atoms with van der Waals surface area (Å²) in [6, 6.07) is 0. The maximum absolute atomic E-state index is 12.8. The third-order valence-electron chi connectivity index (χ3n) is 9.34. The lowest BCUT2D eigenvalue weighted by Crippen LogP contribution is -2.59. The Bertz CT molecular complexity index is 694. The Morgan fingerprint density at radius 1 is 1.07 bits per heavy atom. The molecule has 3 nitrogen and oxygen atoms in total. The molecule has 0 aromatic rings. The van der Waals surface area contributed by atoms with Crippen molar-refractivity contribution < 1.29 is 14.3 Å². The summed E-state index contributed by atoms with van der Waals surface area (Å²) in [6.07, 6.45) is 11.5. The molecule has 0 aromatic carbocycles. The highest BCUT2D eigenvalue weighted by Gasteiger charge is 2.68. The van der Waals surface area contributed by atoms with Gasteiger partial charge in [0, 0.05) is 12.3 Å². The second-order valence-electron chi connectivity index (χ2n) is 10.5. The van der Waals surface area contributed by atoms with Crippen LogP contribution in [-0.2, 0) is 14.3 Å². The minimum atomic E-state index is -0.901. The van der Waals surface area contributed by atoms with E-state index in [1.54, 1.807) is 12.5 Å². The molecule has 7 unspecified atom stereocenters. The van der Waals surface area contributed by atoms with E-state index in [1.165, 1.54) is 32.6 Å². The van der Waals surface area contributed by atoms with Crippen LogP contribution in [0.4, 0.5) is 0 Å². The average Bonchev–Trinajstić information content (AvgIpc) is 2.88. The van der Waals surface area contributed by atoms with Crippen molar-refractivity contribution in [1.29, 1.82) is 0 Å². The van der Waals surface area contributed by atoms with Crippen LogP contribution < -0.4 is 0 Å². The number of carbonyl (C=O) groups excluding carboxylic acids is 2. The van der Waals surface area contributed by atoms with E-state index in [0.29, 0.717) is 29.6 Å². The summed E-state index contributed by atoms with van der Waals surface area (Å²) in [5.74, 6) is 2.24. The Morgan fingerprint density at radius 3 is 2.44 bits per heavy atom. The maximum atomic E-state index is 12.8. The van der Waals surface area contributed by atoms with Gasteiger partial charge in [0.2, 0.25) is 0 Å². The quantitative estimate of drug-likeness (QED) is 0.476. The van der Waals surface area contributed by atoms with Crippen LogP contribution in [0.5, 0.6) is 0 Å². The molecule has 27 heavy (non-hydrogen) atoms. The molecule has 7 atom stereocenters. The molecule has 4 rings (SSSR count). The predicted molar refractivity (Wildman–Crippen MR) is 106 cm³/mol. The monoisotopic (exact) mass is 372 g/mol. The van der Waals surface area contributed by atoms with Gasteiger partial charge in [-0.05, 0) is 87.4 Å². The number of rotatable bonds is 2. The molecule has 3 saturated carbocycles. The van der Waals surface area contributed by atoms with E-state index in [1.807, 2.05) is 0 Å². The number of carbonyl (C=O) groups is 2. The van der Waals surface area contributed by atoms with Crippen molar-refractivity contribution in [2.45, 2.75) is 91.6 Å². The van der Waals surface area contributed by atoms with E-state index in [-0.39, 0.29) is 17.2 Å². The van der Waals surface area contributed by atoms with E-state index in [9.17, 15) is 9.59 Å². The van der Waals surface area contributed by atoms with Crippen LogP contribution in [-0.4, -0.2) is 17.4 Å². The van der Waals surface area contributed by atoms with Gasteiger partial charge in [0.25, 0.3) is 0 Å². The molecular formula is C24H36O3. The highest BCUT2D eigenvalue weighted by molar-refractivity contribution is 5.89. The van der Waals surface area contributed by atoms with Gasteiger partial charge in [-0.15, -0.1) is 0 Å². The number of hydrogen-bond donors (Lipinski definition) is 0. The first kappa shape index (κ1) is 19.2. The lowest BCUT2D eigenvalue weighted by Gasteiger charge is -2.60. The van der Waals surface area contributed by atoms with E-state index >= 15 is 0 Å². The molecule has 3 fully saturated rings. The highest BCUT2D eigenvalue weighted by Crippen LogP contribution is 2.69. The zero-order valence-electron chi connectivity index (χ0n) is 17.8. The fraction of sp³-hybridized carbons (Fsp3) is 0.833. The molecule has 0 spiro atoms. The van der Waals surface area contributed by atoms with Crippen LogP contribution in [0, 0.1) is 34.5 Å². The normalized spacial score (nSPS) is 48.7. The number of allylic oxidation sites excluding steroid dienone is 2. The lowest BCUT2D eigenvalue weighted by atomic mass is 9.45. The number of ketones is 1. The van der Waals surface area contributed by atoms with Crippen molar-refractivity contribution in [1.82, 2.24) is 0 Å². The predicted octanol–water partition coefficient (Wildman–Crippen LogP) is 5.48. The number of ether oxygens (including phenoxy) is 1. The molecule has 0 N–H and O–H groups in total. The first-order valence-electron chi connectivity index (χ1n) is 11.1. The van der Waals surface area contributed by atoms with Crippen molar-refractivity contribution in [3.63, 3.8) is 0 Å². The third kappa shape index (κ3) is 2.45. The molecule has 0 heterocycles. The van der Waals surface area contributed by atoms with E-state index in [2.05, 4.69) is 26.8 Å². The van der Waals surface area contributed by atoms with Gasteiger partial charge in [0.05, 0.1) is 0 Å². The van der Waals surface area contributed by atoms with Gasteiger partial charge >= 0.3 is 5.97 Å². The lowest BCUT2D eigenvalue weighted by molar-refractivity contribution is -0.187. The van der Waals surface area contributed by atoms with E-state index < -0.39 is 5.60 Å². The molecule has 0 aliphatic heterocycles. The van der Waals surface area contributed by atoms with Gasteiger partial charge in [0.1, 0.15) is 0 Å². The van der Waals surface area contributed by atoms with Crippen LogP contribution in [0.2, 0.25) is 0 Å². The number of Topliss-reactive ketones (excluding diaryl/α,β-unsaturated/α-hetero) is 1. The van der Waals surface area contributed by atoms with E-state index in [0.717, 1.165) is 25.2 Å². The van der Waals surface area contributed by atoms with E-state index in [4.69, 9.17) is 4.74 Å². The van der Waals surface area contributed by atoms with Crippen LogP contribution in [0.25, 0.3) is 0 Å². The molecule has 0 saturated heterocycles. The van der Waals surface area contributed by atoms with Crippen molar-refractivity contribution in [2.75, 3.05) is 0 Å². The first-order valence-corrected chi connectivity index (χ1v) is 11.1. The molecule has 4 aliphatic rings. The fourth-order valence-electron chi connectivity index (χ4n) is 8.27. The molecule has 150 valence electrons. The molecule has 0 aromatic heterocycles. The fourth-order valence-corrected chi connectivity index (χ4v) is 8.27. The van der Waals surface area contributed by atoms with Gasteiger partial charge < -0.3 is 4.74 Å². The van der Waals surface area contributed by atoms with Gasteiger partial charge in [0.15, 0.2) is 11.4 Å². The smallest absolute Gasteiger partial charge is 0.303 e. The largest absolute Gasteiger partial charge is 0.451 e. The summed E-state index contributed by atoms with van der Waals surface area (Å²) in [7, 11) is 0. The number of hydrogen-bond acceptors (Lipinski definition) is 3. The van der Waals surface area contributed by atoms with Crippen molar-refractivity contribution in [3.8, 4) is 0 Å². The minimum absolute atomic E-state index is 0.0504. The maximum Gasteiger partial charge on any atom is 0.303 e. The number of esters is 1. The number of fused-ring (bicyclic) bond motifs is 5. The summed E-state index contributed by atoms with van der Waals surface area (Å²) in [4.78, 5) is 24.7. The van der Waals surface area contributed by atoms with Crippen LogP contribution in [0.15, 0.2) is 11.6 Å². The Kier molecular flexibility index (Phi) is 4.40. The second-order valence-corrected chi connectivity index (χ2v) is 10.5. The first-order chi connectivity index (χ1) is 12.7. The second kappa shape index (κ2) is 6.19. The molecule has 0 amide bonds. The standard InChI is InChI=1S/C24H36O3/c1-15-14-18-20(22(4)11-7-6-8-19(15)22)9-12-23(5)21(18)10-13-24(23,16(2)25)27-17(3)26/h8,15,18,20-21H,6-7,9-14H2,1-5H3. The summed E-state index contributed by atoms with van der Waals surface area (Å²) in [5.41, 5.74) is 0.943. The van der Waals surface area contributed by atoms with Gasteiger partial charge in [-0.2, -0.15) is 0 Å². The zero-order chi connectivity index (χ0) is 19.6. The molecule has 3 heteroatoms. The van der Waals surface area contributed by atoms with Crippen LogP contribution in [0.3, 0.4) is 0 Å². The molecule has 0 bridgehead atoms. The van der Waals surface area contributed by atoms with Crippen molar-refractivity contribution >= 4 is 11.8 Å². The van der Waals surface area contributed by atoms with Gasteiger partial charge in [-0.3, -0.25) is 9.59 Å². The SMILES string of the molecule is CC(=O)OC1(C(C)=O)CCC2C3CC(C)C4=CCCCC4(C)C3CCC21C. The van der Waals surface area contributed by atoms with Crippen LogP contribution in [0.1, 0.15) is 86.0 Å².